The quantitative estimate of drug-likeness (QED) is 0.398. The molecule has 0 bridgehead atoms. The molecule has 0 N–H and O–H groups in total. The zero-order valence-corrected chi connectivity index (χ0v) is 18.4. The van der Waals surface area contributed by atoms with Crippen molar-refractivity contribution in [3.63, 3.8) is 0 Å². The maximum Gasteiger partial charge on any atom is 0.234 e. The molecule has 0 saturated heterocycles. The highest BCUT2D eigenvalue weighted by molar-refractivity contribution is 7.16. The van der Waals surface area contributed by atoms with Crippen LogP contribution in [-0.4, -0.2) is 36.7 Å². The van der Waals surface area contributed by atoms with Crippen LogP contribution in [0, 0.1) is 13.8 Å². The van der Waals surface area contributed by atoms with Crippen molar-refractivity contribution >= 4 is 16.3 Å². The highest BCUT2D eigenvalue weighted by Crippen LogP contribution is 2.25. The summed E-state index contributed by atoms with van der Waals surface area (Å²) < 4.78 is 9.09. The van der Waals surface area contributed by atoms with E-state index in [4.69, 9.17) is 14.9 Å². The van der Waals surface area contributed by atoms with Gasteiger partial charge in [0.05, 0.1) is 18.5 Å². The van der Waals surface area contributed by atoms with Crippen LogP contribution in [0.1, 0.15) is 22.0 Å². The van der Waals surface area contributed by atoms with Gasteiger partial charge in [0, 0.05) is 17.7 Å². The van der Waals surface area contributed by atoms with E-state index >= 15 is 0 Å². The molecule has 0 saturated carbocycles. The molecule has 0 aliphatic heterocycles. The van der Waals surface area contributed by atoms with Gasteiger partial charge in [0.25, 0.3) is 0 Å². The minimum atomic E-state index is 0.740. The third-order valence-corrected chi connectivity index (χ3v) is 6.37. The summed E-state index contributed by atoms with van der Waals surface area (Å²) in [5.74, 6) is 1.55. The van der Waals surface area contributed by atoms with Gasteiger partial charge < -0.3 is 4.74 Å². The number of methoxy groups -OCH3 is 1. The third-order valence-electron chi connectivity index (χ3n) is 5.41. The second-order valence-electron chi connectivity index (χ2n) is 7.34. The summed E-state index contributed by atoms with van der Waals surface area (Å²) in [6.07, 6.45) is 1.71. The monoisotopic (exact) mass is 430 g/mol. The number of rotatable bonds is 6. The maximum atomic E-state index is 5.24. The number of nitrogens with zero attached hydrogens (tertiary/aromatic N) is 6. The summed E-state index contributed by atoms with van der Waals surface area (Å²) in [5.41, 5.74) is 5.54. The minimum absolute atomic E-state index is 0.740. The predicted molar refractivity (Wildman–Crippen MR) is 121 cm³/mol. The summed E-state index contributed by atoms with van der Waals surface area (Å²) in [5, 5.41) is 19.2. The molecule has 0 radical (unpaired) electrons. The Morgan fingerprint density at radius 1 is 0.903 bits per heavy atom. The van der Waals surface area contributed by atoms with E-state index in [1.807, 2.05) is 51.7 Å². The molecule has 3 aromatic heterocycles. The summed E-state index contributed by atoms with van der Waals surface area (Å²) in [6, 6.07) is 18.0. The van der Waals surface area contributed by atoms with Crippen molar-refractivity contribution in [2.45, 2.75) is 26.7 Å². The SMILES string of the molecule is COc1ccc(-c2nnc3sc(CCc4c(C)nn(-c5ccccc5)c4C)nn23)cc1. The van der Waals surface area contributed by atoms with Crippen LogP contribution < -0.4 is 4.74 Å². The number of ether oxygens (including phenoxy) is 1. The Labute approximate surface area is 184 Å². The Morgan fingerprint density at radius 3 is 2.42 bits per heavy atom. The summed E-state index contributed by atoms with van der Waals surface area (Å²) in [6.45, 7) is 4.20. The Kier molecular flexibility index (Phi) is 4.99. The highest BCUT2D eigenvalue weighted by Gasteiger charge is 2.16. The minimum Gasteiger partial charge on any atom is -0.497 e. The number of benzene rings is 2. The molecule has 0 amide bonds. The Morgan fingerprint density at radius 2 is 1.68 bits per heavy atom. The van der Waals surface area contributed by atoms with Crippen LogP contribution in [0.3, 0.4) is 0 Å². The van der Waals surface area contributed by atoms with Gasteiger partial charge in [0.2, 0.25) is 4.96 Å². The van der Waals surface area contributed by atoms with Crippen molar-refractivity contribution < 1.29 is 4.74 Å². The first kappa shape index (κ1) is 19.4. The van der Waals surface area contributed by atoms with Crippen LogP contribution in [0.4, 0.5) is 0 Å². The Balaban J connectivity index is 1.38. The number of aryl methyl sites for hydroxylation is 2. The van der Waals surface area contributed by atoms with Crippen molar-refractivity contribution in [1.29, 1.82) is 0 Å². The van der Waals surface area contributed by atoms with Crippen LogP contribution >= 0.6 is 11.3 Å². The first-order valence-electron chi connectivity index (χ1n) is 10.1. The lowest BCUT2D eigenvalue weighted by Crippen LogP contribution is -2.00. The van der Waals surface area contributed by atoms with Crippen LogP contribution in [0.15, 0.2) is 54.6 Å². The second-order valence-corrected chi connectivity index (χ2v) is 8.38. The number of hydrogen-bond donors (Lipinski definition) is 0. The van der Waals surface area contributed by atoms with Crippen molar-refractivity contribution in [2.75, 3.05) is 7.11 Å². The smallest absolute Gasteiger partial charge is 0.234 e. The molecule has 3 heterocycles. The second kappa shape index (κ2) is 7.96. The molecule has 0 atom stereocenters. The molecule has 0 unspecified atom stereocenters. The van der Waals surface area contributed by atoms with E-state index in [0.717, 1.165) is 51.3 Å². The number of aromatic nitrogens is 6. The lowest BCUT2D eigenvalue weighted by atomic mass is 10.1. The number of hydrogen-bond acceptors (Lipinski definition) is 6. The van der Waals surface area contributed by atoms with E-state index in [9.17, 15) is 0 Å². The fraction of sp³-hybridized carbons (Fsp3) is 0.217. The topological polar surface area (TPSA) is 70.1 Å². The van der Waals surface area contributed by atoms with Crippen molar-refractivity contribution in [3.8, 4) is 22.8 Å². The first-order chi connectivity index (χ1) is 15.1. The van der Waals surface area contributed by atoms with Gasteiger partial charge in [-0.25, -0.2) is 4.68 Å². The maximum absolute atomic E-state index is 5.24. The van der Waals surface area contributed by atoms with E-state index in [0.29, 0.717) is 0 Å². The van der Waals surface area contributed by atoms with Gasteiger partial charge in [0.15, 0.2) is 5.82 Å². The largest absolute Gasteiger partial charge is 0.497 e. The summed E-state index contributed by atoms with van der Waals surface area (Å²) in [4.78, 5) is 0.800. The Bertz CT molecular complexity index is 1330. The van der Waals surface area contributed by atoms with Gasteiger partial charge >= 0.3 is 0 Å². The lowest BCUT2D eigenvalue weighted by molar-refractivity contribution is 0.415. The lowest BCUT2D eigenvalue weighted by Gasteiger charge is -2.05. The molecule has 156 valence electrons. The Hall–Kier alpha value is -3.52. The molecule has 0 spiro atoms. The average molecular weight is 431 g/mol. The van der Waals surface area contributed by atoms with Crippen LogP contribution in [0.25, 0.3) is 22.0 Å². The van der Waals surface area contributed by atoms with Gasteiger partial charge in [0.1, 0.15) is 10.8 Å². The average Bonchev–Trinajstić information content (AvgIpc) is 3.46. The highest BCUT2D eigenvalue weighted by atomic mass is 32.1. The standard InChI is InChI=1S/C23H22N6OS/c1-15-20(16(2)28(26-15)18-7-5-4-6-8-18)13-14-21-27-29-22(24-25-23(29)31-21)17-9-11-19(30-3)12-10-17/h4-12H,13-14H2,1-3H3. The summed E-state index contributed by atoms with van der Waals surface area (Å²) in [7, 11) is 1.66. The zero-order valence-electron chi connectivity index (χ0n) is 17.6. The van der Waals surface area contributed by atoms with E-state index in [1.165, 1.54) is 11.3 Å². The molecule has 7 nitrogen and oxygen atoms in total. The molecular formula is C23H22N6OS. The van der Waals surface area contributed by atoms with Crippen molar-refractivity contribution in [3.05, 3.63) is 76.6 Å². The number of fused-ring (bicyclic) bond motifs is 1. The third kappa shape index (κ3) is 3.59. The number of para-hydroxylation sites is 1. The fourth-order valence-electron chi connectivity index (χ4n) is 3.77. The van der Waals surface area contributed by atoms with Crippen molar-refractivity contribution in [1.82, 2.24) is 29.6 Å². The normalized spacial score (nSPS) is 11.3. The fourth-order valence-corrected chi connectivity index (χ4v) is 4.60. The first-order valence-corrected chi connectivity index (χ1v) is 10.9. The zero-order chi connectivity index (χ0) is 21.4. The molecule has 31 heavy (non-hydrogen) atoms. The summed E-state index contributed by atoms with van der Waals surface area (Å²) >= 11 is 1.58. The predicted octanol–water partition coefficient (Wildman–Crippen LogP) is 4.45. The van der Waals surface area contributed by atoms with Gasteiger partial charge in [-0.05, 0) is 62.2 Å². The molecular weight excluding hydrogens is 408 g/mol. The van der Waals surface area contributed by atoms with E-state index < -0.39 is 0 Å². The molecule has 5 rings (SSSR count). The molecule has 0 fully saturated rings. The van der Waals surface area contributed by atoms with Gasteiger partial charge in [-0.1, -0.05) is 29.5 Å². The van der Waals surface area contributed by atoms with Crippen LogP contribution in [0.2, 0.25) is 0 Å². The van der Waals surface area contributed by atoms with Crippen LogP contribution in [0.5, 0.6) is 5.75 Å². The molecule has 0 aliphatic carbocycles. The van der Waals surface area contributed by atoms with Gasteiger partial charge in [-0.2, -0.15) is 14.7 Å². The van der Waals surface area contributed by atoms with E-state index in [2.05, 4.69) is 36.2 Å². The molecule has 2 aromatic carbocycles. The molecule has 5 aromatic rings. The molecule has 0 aliphatic rings. The van der Waals surface area contributed by atoms with Gasteiger partial charge in [-0.3, -0.25) is 0 Å². The van der Waals surface area contributed by atoms with E-state index in [-0.39, 0.29) is 0 Å². The van der Waals surface area contributed by atoms with Crippen LogP contribution in [-0.2, 0) is 12.8 Å². The van der Waals surface area contributed by atoms with Gasteiger partial charge in [-0.15, -0.1) is 10.2 Å². The van der Waals surface area contributed by atoms with E-state index in [1.54, 1.807) is 18.4 Å². The molecule has 8 heteroatoms. The van der Waals surface area contributed by atoms with Crippen molar-refractivity contribution in [2.24, 2.45) is 0 Å².